The van der Waals surface area contributed by atoms with Gasteiger partial charge in [-0.2, -0.15) is 5.10 Å². The van der Waals surface area contributed by atoms with Gasteiger partial charge in [0, 0.05) is 24.2 Å². The van der Waals surface area contributed by atoms with Crippen molar-refractivity contribution in [3.63, 3.8) is 0 Å². The van der Waals surface area contributed by atoms with Crippen LogP contribution in [0.15, 0.2) is 24.4 Å². The first-order valence-corrected chi connectivity index (χ1v) is 6.13. The van der Waals surface area contributed by atoms with E-state index in [1.165, 1.54) is 38.4 Å². The predicted octanol–water partition coefficient (Wildman–Crippen LogP) is 1.59. The summed E-state index contributed by atoms with van der Waals surface area (Å²) in [5.74, 6) is -1.89. The third kappa shape index (κ3) is 2.64. The van der Waals surface area contributed by atoms with Gasteiger partial charge >= 0.3 is 5.97 Å². The summed E-state index contributed by atoms with van der Waals surface area (Å²) in [5.41, 5.74) is -0.0557. The quantitative estimate of drug-likeness (QED) is 0.652. The van der Waals surface area contributed by atoms with Crippen molar-refractivity contribution in [2.45, 2.75) is 6.92 Å². The Hall–Kier alpha value is -3.23. The van der Waals surface area contributed by atoms with E-state index in [0.29, 0.717) is 0 Å². The van der Waals surface area contributed by atoms with Gasteiger partial charge in [0.25, 0.3) is 11.6 Å². The lowest BCUT2D eigenvalue weighted by Crippen LogP contribution is -2.16. The molecule has 0 spiro atoms. The van der Waals surface area contributed by atoms with Crippen LogP contribution in [0.3, 0.4) is 0 Å². The highest BCUT2D eigenvalue weighted by Crippen LogP contribution is 2.23. The van der Waals surface area contributed by atoms with Crippen molar-refractivity contribution in [1.82, 2.24) is 9.78 Å². The third-order valence-corrected chi connectivity index (χ3v) is 3.14. The highest BCUT2D eigenvalue weighted by atomic mass is 16.6. The van der Waals surface area contributed by atoms with Gasteiger partial charge in [0.1, 0.15) is 0 Å². The van der Waals surface area contributed by atoms with Gasteiger partial charge in [-0.3, -0.25) is 19.6 Å². The zero-order valence-electron chi connectivity index (χ0n) is 11.7. The number of amides is 1. The molecule has 114 valence electrons. The molecule has 0 radical (unpaired) electrons. The van der Waals surface area contributed by atoms with Gasteiger partial charge in [-0.1, -0.05) is 6.07 Å². The first-order chi connectivity index (χ1) is 10.3. The molecule has 1 amide bonds. The lowest BCUT2D eigenvalue weighted by molar-refractivity contribution is -0.385. The summed E-state index contributed by atoms with van der Waals surface area (Å²) in [5, 5.41) is 26.1. The molecule has 2 N–H and O–H groups in total. The van der Waals surface area contributed by atoms with Crippen molar-refractivity contribution < 1.29 is 19.6 Å². The van der Waals surface area contributed by atoms with Crippen LogP contribution < -0.4 is 5.32 Å². The van der Waals surface area contributed by atoms with Crippen LogP contribution in [0.25, 0.3) is 0 Å². The molecule has 1 aromatic carbocycles. The Labute approximate surface area is 124 Å². The van der Waals surface area contributed by atoms with E-state index in [1.54, 1.807) is 0 Å². The van der Waals surface area contributed by atoms with Gasteiger partial charge < -0.3 is 10.4 Å². The number of nitrogens with zero attached hydrogens (tertiary/aromatic N) is 3. The molecule has 0 aliphatic rings. The zero-order chi connectivity index (χ0) is 16.4. The monoisotopic (exact) mass is 304 g/mol. The van der Waals surface area contributed by atoms with Gasteiger partial charge in [-0.15, -0.1) is 0 Å². The number of aromatic carboxylic acids is 1. The summed E-state index contributed by atoms with van der Waals surface area (Å²) in [6.07, 6.45) is 1.20. The molecular weight excluding hydrogens is 292 g/mol. The third-order valence-electron chi connectivity index (χ3n) is 3.14. The number of benzene rings is 1. The number of hydrogen-bond acceptors (Lipinski definition) is 5. The molecule has 1 heterocycles. The first-order valence-electron chi connectivity index (χ1n) is 6.13. The molecule has 1 aromatic heterocycles. The molecule has 0 atom stereocenters. The van der Waals surface area contributed by atoms with Crippen LogP contribution in [0.4, 0.5) is 11.4 Å². The number of carbonyl (C=O) groups excluding carboxylic acids is 1. The summed E-state index contributed by atoms with van der Waals surface area (Å²) >= 11 is 0. The maximum Gasteiger partial charge on any atom is 0.356 e. The number of anilines is 1. The number of rotatable bonds is 4. The second-order valence-corrected chi connectivity index (χ2v) is 4.50. The minimum atomic E-state index is -1.24. The SMILES string of the molecule is Cc1c(C(=O)Nc2cnn(C)c2C(=O)O)cccc1[N+](=O)[O-]. The summed E-state index contributed by atoms with van der Waals surface area (Å²) in [7, 11) is 1.43. The first kappa shape index (κ1) is 15.2. The fourth-order valence-corrected chi connectivity index (χ4v) is 2.04. The van der Waals surface area contributed by atoms with Gasteiger partial charge in [0.05, 0.1) is 16.8 Å². The average Bonchev–Trinajstić information content (AvgIpc) is 2.79. The molecule has 2 aromatic rings. The number of nitrogens with one attached hydrogen (secondary N) is 1. The van der Waals surface area contributed by atoms with Gasteiger partial charge in [0.2, 0.25) is 0 Å². The Morgan fingerprint density at radius 1 is 1.41 bits per heavy atom. The number of aromatic nitrogens is 2. The van der Waals surface area contributed by atoms with Gasteiger partial charge in [-0.25, -0.2) is 4.79 Å². The standard InChI is InChI=1S/C13H12N4O5/c1-7-8(4-3-5-10(7)17(21)22)12(18)15-9-6-14-16(2)11(9)13(19)20/h3-6H,1-2H3,(H,15,18)(H,19,20). The van der Waals surface area contributed by atoms with Crippen molar-refractivity contribution in [1.29, 1.82) is 0 Å². The predicted molar refractivity (Wildman–Crippen MR) is 76.0 cm³/mol. The minimum Gasteiger partial charge on any atom is -0.476 e. The van der Waals surface area contributed by atoms with Crippen LogP contribution in [-0.4, -0.2) is 31.7 Å². The van der Waals surface area contributed by atoms with Crippen LogP contribution in [0.2, 0.25) is 0 Å². The van der Waals surface area contributed by atoms with Crippen LogP contribution >= 0.6 is 0 Å². The van der Waals surface area contributed by atoms with Crippen molar-refractivity contribution in [2.24, 2.45) is 7.05 Å². The van der Waals surface area contributed by atoms with Gasteiger partial charge in [-0.05, 0) is 13.0 Å². The lowest BCUT2D eigenvalue weighted by atomic mass is 10.1. The molecule has 9 nitrogen and oxygen atoms in total. The average molecular weight is 304 g/mol. The number of aryl methyl sites for hydroxylation is 1. The maximum absolute atomic E-state index is 12.2. The second kappa shape index (κ2) is 5.64. The molecule has 0 aliphatic heterocycles. The van der Waals surface area contributed by atoms with E-state index in [1.807, 2.05) is 0 Å². The Kier molecular flexibility index (Phi) is 3.89. The van der Waals surface area contributed by atoms with Crippen LogP contribution in [0, 0.1) is 17.0 Å². The van der Waals surface area contributed by atoms with Crippen molar-refractivity contribution in [3.8, 4) is 0 Å². The number of nitro groups is 1. The van der Waals surface area contributed by atoms with Crippen molar-refractivity contribution >= 4 is 23.3 Å². The number of carboxylic acids is 1. The fraction of sp³-hybridized carbons (Fsp3) is 0.154. The van der Waals surface area contributed by atoms with E-state index in [9.17, 15) is 19.7 Å². The summed E-state index contributed by atoms with van der Waals surface area (Å²) in [6.45, 7) is 1.45. The molecule has 0 saturated heterocycles. The van der Waals surface area contributed by atoms with E-state index in [2.05, 4.69) is 10.4 Å². The molecule has 9 heteroatoms. The molecule has 0 bridgehead atoms. The van der Waals surface area contributed by atoms with E-state index >= 15 is 0 Å². The highest BCUT2D eigenvalue weighted by molar-refractivity contribution is 6.08. The van der Waals surface area contributed by atoms with Crippen molar-refractivity contribution in [2.75, 3.05) is 5.32 Å². The normalized spacial score (nSPS) is 10.3. The maximum atomic E-state index is 12.2. The molecule has 0 aliphatic carbocycles. The number of hydrogen-bond donors (Lipinski definition) is 2. The summed E-state index contributed by atoms with van der Waals surface area (Å²) in [6, 6.07) is 4.11. The van der Waals surface area contributed by atoms with Crippen molar-refractivity contribution in [3.05, 3.63) is 51.3 Å². The Morgan fingerprint density at radius 3 is 2.68 bits per heavy atom. The molecule has 0 unspecified atom stereocenters. The fourth-order valence-electron chi connectivity index (χ4n) is 2.04. The minimum absolute atomic E-state index is 0.0194. The lowest BCUT2D eigenvalue weighted by Gasteiger charge is -2.07. The van der Waals surface area contributed by atoms with Gasteiger partial charge in [0.15, 0.2) is 5.69 Å². The Bertz CT molecular complexity index is 781. The summed E-state index contributed by atoms with van der Waals surface area (Å²) in [4.78, 5) is 33.7. The Morgan fingerprint density at radius 2 is 2.09 bits per heavy atom. The second-order valence-electron chi connectivity index (χ2n) is 4.50. The molecule has 2 rings (SSSR count). The van der Waals surface area contributed by atoms with Crippen LogP contribution in [-0.2, 0) is 7.05 Å². The largest absolute Gasteiger partial charge is 0.476 e. The number of carbonyl (C=O) groups is 2. The molecular formula is C13H12N4O5. The zero-order valence-corrected chi connectivity index (χ0v) is 11.7. The van der Waals surface area contributed by atoms with Crippen LogP contribution in [0.1, 0.15) is 26.4 Å². The number of nitro benzene ring substituents is 1. The van der Waals surface area contributed by atoms with E-state index in [4.69, 9.17) is 5.11 Å². The smallest absolute Gasteiger partial charge is 0.356 e. The van der Waals surface area contributed by atoms with E-state index in [-0.39, 0.29) is 28.2 Å². The van der Waals surface area contributed by atoms with E-state index in [0.717, 1.165) is 4.68 Å². The summed E-state index contributed by atoms with van der Waals surface area (Å²) < 4.78 is 1.11. The topological polar surface area (TPSA) is 127 Å². The van der Waals surface area contributed by atoms with Crippen LogP contribution in [0.5, 0.6) is 0 Å². The molecule has 0 fully saturated rings. The highest BCUT2D eigenvalue weighted by Gasteiger charge is 2.21. The molecule has 22 heavy (non-hydrogen) atoms. The molecule has 0 saturated carbocycles. The Balaban J connectivity index is 2.37. The van der Waals surface area contributed by atoms with E-state index < -0.39 is 16.8 Å². The number of carboxylic acid groups (broad SMARTS) is 1.